The Kier molecular flexibility index (Phi) is 8.81. The van der Waals surface area contributed by atoms with E-state index >= 15 is 0 Å². The van der Waals surface area contributed by atoms with Gasteiger partial charge in [-0.05, 0) is 50.7 Å². The minimum absolute atomic E-state index is 0.298. The van der Waals surface area contributed by atoms with Gasteiger partial charge in [-0.15, -0.1) is 0 Å². The highest BCUT2D eigenvalue weighted by molar-refractivity contribution is 7.80. The van der Waals surface area contributed by atoms with Gasteiger partial charge in [-0.3, -0.25) is 0 Å². The molecule has 1 aromatic carbocycles. The van der Waals surface area contributed by atoms with Crippen LogP contribution in [0.25, 0.3) is 0 Å². The number of nitrogens with one attached hydrogen (secondary N) is 2. The minimum atomic E-state index is -0.452. The van der Waals surface area contributed by atoms with Crippen molar-refractivity contribution in [3.63, 3.8) is 0 Å². The Bertz CT molecular complexity index is 512. The molecule has 0 atom stereocenters. The Balaban J connectivity index is 2.53. The lowest BCUT2D eigenvalue weighted by atomic mass is 10.2. The summed E-state index contributed by atoms with van der Waals surface area (Å²) in [4.78, 5) is 11.8. The molecule has 0 aliphatic heterocycles. The van der Waals surface area contributed by atoms with Crippen LogP contribution in [0.5, 0.6) is 0 Å². The van der Waals surface area contributed by atoms with E-state index in [4.69, 9.17) is 33.3 Å². The molecule has 0 fully saturated rings. The van der Waals surface area contributed by atoms with Crippen molar-refractivity contribution in [1.29, 1.82) is 0 Å². The molecule has 0 heterocycles. The molecule has 0 amide bonds. The second-order valence-electron chi connectivity index (χ2n) is 4.35. The highest BCUT2D eigenvalue weighted by Crippen LogP contribution is 2.21. The van der Waals surface area contributed by atoms with Crippen LogP contribution < -0.4 is 10.6 Å². The van der Waals surface area contributed by atoms with E-state index in [1.807, 2.05) is 6.92 Å². The quantitative estimate of drug-likeness (QED) is 0.429. The van der Waals surface area contributed by atoms with Gasteiger partial charge in [0, 0.05) is 25.4 Å². The van der Waals surface area contributed by atoms with Crippen molar-refractivity contribution >= 4 is 40.6 Å². The maximum Gasteiger partial charge on any atom is 0.339 e. The number of thiocarbonyl (C=S) groups is 1. The zero-order valence-electron chi connectivity index (χ0n) is 12.8. The average molecular weight is 345 g/mol. The van der Waals surface area contributed by atoms with E-state index in [1.165, 1.54) is 0 Å². The molecule has 0 aliphatic rings. The maximum absolute atomic E-state index is 11.8. The lowest BCUT2D eigenvalue weighted by molar-refractivity contribution is 0.0526. The number of carbonyl (C=O) groups excluding carboxylic acids is 1. The summed E-state index contributed by atoms with van der Waals surface area (Å²) in [5.41, 5.74) is 0.988. The molecule has 0 spiro atoms. The first-order valence-corrected chi connectivity index (χ1v) is 7.96. The molecule has 0 bridgehead atoms. The summed E-state index contributed by atoms with van der Waals surface area (Å²) in [5, 5.41) is 6.91. The molecule has 0 saturated heterocycles. The third kappa shape index (κ3) is 6.60. The van der Waals surface area contributed by atoms with E-state index in [0.29, 0.717) is 47.8 Å². The molecular formula is C15H21ClN2O3S. The van der Waals surface area contributed by atoms with Gasteiger partial charge >= 0.3 is 5.97 Å². The van der Waals surface area contributed by atoms with Gasteiger partial charge in [-0.1, -0.05) is 11.6 Å². The third-order valence-electron chi connectivity index (χ3n) is 2.67. The Hall–Kier alpha value is -1.37. The van der Waals surface area contributed by atoms with E-state index in [1.54, 1.807) is 25.1 Å². The molecule has 5 nitrogen and oxygen atoms in total. The molecule has 0 radical (unpaired) electrons. The highest BCUT2D eigenvalue weighted by Gasteiger charge is 2.12. The highest BCUT2D eigenvalue weighted by atomic mass is 35.5. The lowest BCUT2D eigenvalue weighted by Crippen LogP contribution is -2.29. The molecule has 1 aromatic rings. The number of halogens is 1. The normalized spacial score (nSPS) is 10.1. The van der Waals surface area contributed by atoms with E-state index in [-0.39, 0.29) is 0 Å². The van der Waals surface area contributed by atoms with Crippen molar-refractivity contribution in [2.45, 2.75) is 20.3 Å². The summed E-state index contributed by atoms with van der Waals surface area (Å²) in [5.74, 6) is -0.452. The van der Waals surface area contributed by atoms with Crippen LogP contribution in [0.15, 0.2) is 18.2 Å². The average Bonchev–Trinajstić information content (AvgIpc) is 2.49. The predicted octanol–water partition coefficient (Wildman–Crippen LogP) is 3.23. The number of esters is 1. The Morgan fingerprint density at radius 1 is 1.32 bits per heavy atom. The fourth-order valence-corrected chi connectivity index (χ4v) is 2.08. The first-order valence-electron chi connectivity index (χ1n) is 7.17. The van der Waals surface area contributed by atoms with Crippen LogP contribution in [0.3, 0.4) is 0 Å². The lowest BCUT2D eigenvalue weighted by Gasteiger charge is -2.12. The Morgan fingerprint density at radius 3 is 2.77 bits per heavy atom. The monoisotopic (exact) mass is 344 g/mol. The second-order valence-corrected chi connectivity index (χ2v) is 5.16. The number of anilines is 1. The molecule has 22 heavy (non-hydrogen) atoms. The van der Waals surface area contributed by atoms with Crippen LogP contribution in [0, 0.1) is 0 Å². The molecule has 0 aliphatic carbocycles. The van der Waals surface area contributed by atoms with Crippen LogP contribution in [0.2, 0.25) is 5.02 Å². The zero-order chi connectivity index (χ0) is 16.4. The first-order chi connectivity index (χ1) is 10.6. The number of hydrogen-bond acceptors (Lipinski definition) is 4. The van der Waals surface area contributed by atoms with Gasteiger partial charge in [0.05, 0.1) is 17.2 Å². The molecule has 0 aromatic heterocycles. The van der Waals surface area contributed by atoms with E-state index in [0.717, 1.165) is 6.42 Å². The summed E-state index contributed by atoms with van der Waals surface area (Å²) in [7, 11) is 0. The van der Waals surface area contributed by atoms with Crippen LogP contribution in [-0.2, 0) is 9.47 Å². The standard InChI is InChI=1S/C15H21ClN2O3S/c1-3-20-9-5-8-17-15(22)18-11-6-7-13(16)12(10-11)14(19)21-4-2/h6-7,10H,3-5,8-9H2,1-2H3,(H2,17,18,22). The Labute approximate surface area is 141 Å². The van der Waals surface area contributed by atoms with Gasteiger partial charge in [0.15, 0.2) is 5.11 Å². The largest absolute Gasteiger partial charge is 0.462 e. The van der Waals surface area contributed by atoms with Gasteiger partial charge < -0.3 is 20.1 Å². The molecule has 0 unspecified atom stereocenters. The van der Waals surface area contributed by atoms with E-state index in [2.05, 4.69) is 10.6 Å². The zero-order valence-corrected chi connectivity index (χ0v) is 14.4. The van der Waals surface area contributed by atoms with Gasteiger partial charge in [0.1, 0.15) is 0 Å². The van der Waals surface area contributed by atoms with Crippen LogP contribution in [0.1, 0.15) is 30.6 Å². The minimum Gasteiger partial charge on any atom is -0.462 e. The van der Waals surface area contributed by atoms with Gasteiger partial charge in [-0.25, -0.2) is 4.79 Å². The number of carbonyl (C=O) groups is 1. The molecule has 1 rings (SSSR count). The number of hydrogen-bond donors (Lipinski definition) is 2. The maximum atomic E-state index is 11.8. The number of benzene rings is 1. The molecule has 0 saturated carbocycles. The first kappa shape index (κ1) is 18.7. The molecular weight excluding hydrogens is 324 g/mol. The smallest absolute Gasteiger partial charge is 0.339 e. The van der Waals surface area contributed by atoms with Crippen LogP contribution in [0.4, 0.5) is 5.69 Å². The summed E-state index contributed by atoms with van der Waals surface area (Å²) >= 11 is 11.2. The van der Waals surface area contributed by atoms with Crippen molar-refractivity contribution < 1.29 is 14.3 Å². The van der Waals surface area contributed by atoms with E-state index in [9.17, 15) is 4.79 Å². The van der Waals surface area contributed by atoms with Gasteiger partial charge in [0.25, 0.3) is 0 Å². The molecule has 7 heteroatoms. The summed E-state index contributed by atoms with van der Waals surface area (Å²) in [6.07, 6.45) is 0.865. The fraction of sp³-hybridized carbons (Fsp3) is 0.467. The SMILES string of the molecule is CCOCCCNC(=S)Nc1ccc(Cl)c(C(=O)OCC)c1. The van der Waals surface area contributed by atoms with Crippen molar-refractivity contribution in [3.05, 3.63) is 28.8 Å². The van der Waals surface area contributed by atoms with Crippen molar-refractivity contribution in [2.75, 3.05) is 31.7 Å². The van der Waals surface area contributed by atoms with Crippen LogP contribution >= 0.6 is 23.8 Å². The van der Waals surface area contributed by atoms with Crippen molar-refractivity contribution in [3.8, 4) is 0 Å². The summed E-state index contributed by atoms with van der Waals surface area (Å²) in [6.45, 7) is 6.12. The molecule has 122 valence electrons. The number of ether oxygens (including phenoxy) is 2. The summed E-state index contributed by atoms with van der Waals surface area (Å²) < 4.78 is 10.2. The van der Waals surface area contributed by atoms with Crippen LogP contribution in [-0.4, -0.2) is 37.4 Å². The van der Waals surface area contributed by atoms with Gasteiger partial charge in [-0.2, -0.15) is 0 Å². The third-order valence-corrected chi connectivity index (χ3v) is 3.25. The van der Waals surface area contributed by atoms with Gasteiger partial charge in [0.2, 0.25) is 0 Å². The fourth-order valence-electron chi connectivity index (χ4n) is 1.66. The van der Waals surface area contributed by atoms with E-state index < -0.39 is 5.97 Å². The Morgan fingerprint density at radius 2 is 2.09 bits per heavy atom. The summed E-state index contributed by atoms with van der Waals surface area (Å²) in [6, 6.07) is 5.00. The topological polar surface area (TPSA) is 59.6 Å². The van der Waals surface area contributed by atoms with Crippen molar-refractivity contribution in [2.24, 2.45) is 0 Å². The second kappa shape index (κ2) is 10.4. The number of rotatable bonds is 8. The predicted molar refractivity (Wildman–Crippen MR) is 92.7 cm³/mol. The molecule has 2 N–H and O–H groups in total. The van der Waals surface area contributed by atoms with Crippen molar-refractivity contribution in [1.82, 2.24) is 5.32 Å².